The molecule has 0 saturated heterocycles. The van der Waals surface area contributed by atoms with E-state index in [0.29, 0.717) is 11.0 Å². The van der Waals surface area contributed by atoms with Crippen LogP contribution in [0.2, 0.25) is 0 Å². The van der Waals surface area contributed by atoms with E-state index in [1.165, 1.54) is 16.0 Å². The Morgan fingerprint density at radius 2 is 2.16 bits per heavy atom. The molecule has 96 valence electrons. The third kappa shape index (κ3) is 2.15. The number of carboxylic acids is 1. The number of anilines is 1. The molecule has 0 aliphatic carbocycles. The molecule has 0 spiro atoms. The molecule has 1 aromatic carbocycles. The van der Waals surface area contributed by atoms with E-state index in [-0.39, 0.29) is 0 Å². The van der Waals surface area contributed by atoms with Crippen LogP contribution in [0.3, 0.4) is 0 Å². The summed E-state index contributed by atoms with van der Waals surface area (Å²) in [6, 6.07) is 10.9. The van der Waals surface area contributed by atoms with E-state index < -0.39 is 12.1 Å². The predicted molar refractivity (Wildman–Crippen MR) is 72.1 cm³/mol. The van der Waals surface area contributed by atoms with Crippen LogP contribution in [0.4, 0.5) is 5.00 Å². The van der Waals surface area contributed by atoms with Gasteiger partial charge in [0.05, 0.1) is 10.5 Å². The Kier molecular flexibility index (Phi) is 2.88. The molecule has 0 radical (unpaired) electrons. The zero-order chi connectivity index (χ0) is 13.2. The van der Waals surface area contributed by atoms with Crippen LogP contribution < -0.4 is 5.32 Å². The van der Waals surface area contributed by atoms with Crippen LogP contribution in [-0.2, 0) is 4.79 Å². The summed E-state index contributed by atoms with van der Waals surface area (Å²) in [7, 11) is 0. The van der Waals surface area contributed by atoms with Crippen molar-refractivity contribution in [3.05, 3.63) is 41.8 Å². The maximum Gasteiger partial charge on any atom is 0.349 e. The van der Waals surface area contributed by atoms with Crippen LogP contribution >= 0.6 is 11.3 Å². The van der Waals surface area contributed by atoms with E-state index in [9.17, 15) is 9.90 Å². The van der Waals surface area contributed by atoms with Gasteiger partial charge in [0.1, 0.15) is 5.52 Å². The topological polar surface area (TPSA) is 80.0 Å². The summed E-state index contributed by atoms with van der Waals surface area (Å²) < 4.78 is 1.37. The number of benzene rings is 1. The van der Waals surface area contributed by atoms with Crippen LogP contribution in [0.5, 0.6) is 0 Å². The molecule has 0 amide bonds. The van der Waals surface area contributed by atoms with Crippen LogP contribution in [0.1, 0.15) is 6.17 Å². The molecule has 1 unspecified atom stereocenters. The standard InChI is InChI=1S/C12H10N4O2S/c17-12(18)11(13-10-6-3-7-19-10)16-9-5-2-1-4-8(9)14-15-16/h1-7,11,13H,(H,17,18). The summed E-state index contributed by atoms with van der Waals surface area (Å²) in [5.41, 5.74) is 1.35. The normalized spacial score (nSPS) is 12.4. The number of nitrogens with one attached hydrogen (secondary N) is 1. The number of hydrogen-bond acceptors (Lipinski definition) is 5. The molecule has 3 aromatic rings. The number of fused-ring (bicyclic) bond motifs is 1. The van der Waals surface area contributed by atoms with Crippen molar-refractivity contribution in [2.45, 2.75) is 6.17 Å². The van der Waals surface area contributed by atoms with Crippen molar-refractivity contribution in [1.82, 2.24) is 15.0 Å². The monoisotopic (exact) mass is 274 g/mol. The van der Waals surface area contributed by atoms with Gasteiger partial charge >= 0.3 is 5.97 Å². The second-order valence-corrected chi connectivity index (χ2v) is 4.83. The molecule has 19 heavy (non-hydrogen) atoms. The molecule has 0 aliphatic rings. The maximum absolute atomic E-state index is 11.4. The lowest BCUT2D eigenvalue weighted by atomic mass is 10.3. The minimum atomic E-state index is -1.01. The van der Waals surface area contributed by atoms with E-state index in [4.69, 9.17) is 0 Å². The van der Waals surface area contributed by atoms with E-state index in [2.05, 4.69) is 15.6 Å². The number of para-hydroxylation sites is 1. The van der Waals surface area contributed by atoms with E-state index in [1.807, 2.05) is 29.6 Å². The lowest BCUT2D eigenvalue weighted by molar-refractivity contribution is -0.140. The first kappa shape index (κ1) is 11.7. The summed E-state index contributed by atoms with van der Waals surface area (Å²) in [5, 5.41) is 22.8. The zero-order valence-corrected chi connectivity index (χ0v) is 10.5. The number of carbonyl (C=O) groups is 1. The molecule has 2 N–H and O–H groups in total. The molecule has 0 aliphatic heterocycles. The first-order valence-electron chi connectivity index (χ1n) is 5.58. The number of aliphatic carboxylic acids is 1. The molecule has 6 nitrogen and oxygen atoms in total. The SMILES string of the molecule is O=C(O)C(Nc1cccs1)n1nnc2ccccc21. The van der Waals surface area contributed by atoms with Gasteiger partial charge in [-0.25, -0.2) is 9.48 Å². The van der Waals surface area contributed by atoms with Gasteiger partial charge in [-0.1, -0.05) is 17.3 Å². The Hall–Kier alpha value is -2.41. The van der Waals surface area contributed by atoms with Crippen molar-refractivity contribution in [3.8, 4) is 0 Å². The molecule has 2 heterocycles. The molecular formula is C12H10N4O2S. The molecule has 0 saturated carbocycles. The van der Waals surface area contributed by atoms with E-state index in [0.717, 1.165) is 5.00 Å². The average Bonchev–Trinajstić information content (AvgIpc) is 3.05. The number of carboxylic acid groups (broad SMARTS) is 1. The van der Waals surface area contributed by atoms with Gasteiger partial charge in [-0.05, 0) is 29.6 Å². The number of aromatic nitrogens is 3. The van der Waals surface area contributed by atoms with Crippen molar-refractivity contribution in [3.63, 3.8) is 0 Å². The quantitative estimate of drug-likeness (QED) is 0.762. The minimum Gasteiger partial charge on any atom is -0.478 e. The first-order valence-corrected chi connectivity index (χ1v) is 6.46. The van der Waals surface area contributed by atoms with Gasteiger partial charge in [0.25, 0.3) is 0 Å². The van der Waals surface area contributed by atoms with Crippen LogP contribution in [0, 0.1) is 0 Å². The minimum absolute atomic E-state index is 0.668. The summed E-state index contributed by atoms with van der Waals surface area (Å²) in [6.07, 6.45) is -0.981. The van der Waals surface area contributed by atoms with Crippen molar-refractivity contribution in [1.29, 1.82) is 0 Å². The van der Waals surface area contributed by atoms with E-state index >= 15 is 0 Å². The second kappa shape index (κ2) is 4.69. The molecule has 2 aromatic heterocycles. The Balaban J connectivity index is 2.02. The van der Waals surface area contributed by atoms with Crippen LogP contribution in [0.25, 0.3) is 11.0 Å². The Bertz CT molecular complexity index is 707. The van der Waals surface area contributed by atoms with Gasteiger partial charge in [-0.3, -0.25) is 0 Å². The molecule has 1 atom stereocenters. The summed E-state index contributed by atoms with van der Waals surface area (Å²) >= 11 is 1.44. The fourth-order valence-electron chi connectivity index (χ4n) is 1.80. The fraction of sp³-hybridized carbons (Fsp3) is 0.0833. The second-order valence-electron chi connectivity index (χ2n) is 3.89. The zero-order valence-electron chi connectivity index (χ0n) is 9.72. The summed E-state index contributed by atoms with van der Waals surface area (Å²) in [4.78, 5) is 11.4. The number of rotatable bonds is 4. The van der Waals surface area contributed by atoms with Crippen molar-refractivity contribution in [2.24, 2.45) is 0 Å². The molecule has 7 heteroatoms. The van der Waals surface area contributed by atoms with Gasteiger partial charge < -0.3 is 10.4 Å². The first-order chi connectivity index (χ1) is 9.25. The number of hydrogen-bond donors (Lipinski definition) is 2. The third-order valence-corrected chi connectivity index (χ3v) is 3.46. The highest BCUT2D eigenvalue weighted by Crippen LogP contribution is 2.22. The van der Waals surface area contributed by atoms with Gasteiger partial charge in [-0.2, -0.15) is 0 Å². The highest BCUT2D eigenvalue weighted by atomic mass is 32.1. The molecule has 3 rings (SSSR count). The molecular weight excluding hydrogens is 264 g/mol. The lowest BCUT2D eigenvalue weighted by Gasteiger charge is -2.14. The number of thiophene rings is 1. The van der Waals surface area contributed by atoms with Crippen molar-refractivity contribution < 1.29 is 9.90 Å². The lowest BCUT2D eigenvalue weighted by Crippen LogP contribution is -2.27. The summed E-state index contributed by atoms with van der Waals surface area (Å²) in [6.45, 7) is 0. The van der Waals surface area contributed by atoms with E-state index in [1.54, 1.807) is 12.1 Å². The van der Waals surface area contributed by atoms with Gasteiger partial charge in [-0.15, -0.1) is 16.4 Å². The van der Waals surface area contributed by atoms with Crippen LogP contribution in [-0.4, -0.2) is 26.1 Å². The highest BCUT2D eigenvalue weighted by Gasteiger charge is 2.23. The number of nitrogens with zero attached hydrogens (tertiary/aromatic N) is 3. The Morgan fingerprint density at radius 1 is 1.32 bits per heavy atom. The highest BCUT2D eigenvalue weighted by molar-refractivity contribution is 7.14. The fourth-order valence-corrected chi connectivity index (χ4v) is 2.44. The average molecular weight is 274 g/mol. The smallest absolute Gasteiger partial charge is 0.349 e. The Morgan fingerprint density at radius 3 is 2.89 bits per heavy atom. The van der Waals surface area contributed by atoms with Crippen molar-refractivity contribution in [2.75, 3.05) is 5.32 Å². The maximum atomic E-state index is 11.4. The van der Waals surface area contributed by atoms with Gasteiger partial charge in [0.2, 0.25) is 6.17 Å². The summed E-state index contributed by atoms with van der Waals surface area (Å²) in [5.74, 6) is -1.01. The van der Waals surface area contributed by atoms with Gasteiger partial charge in [0, 0.05) is 0 Å². The molecule has 0 bridgehead atoms. The Labute approximate surface area is 112 Å². The van der Waals surface area contributed by atoms with Gasteiger partial charge in [0.15, 0.2) is 0 Å². The van der Waals surface area contributed by atoms with Crippen LogP contribution in [0.15, 0.2) is 41.8 Å². The van der Waals surface area contributed by atoms with Crippen molar-refractivity contribution >= 4 is 33.3 Å². The molecule has 0 fully saturated rings. The predicted octanol–water partition coefficient (Wildman–Crippen LogP) is 2.19. The third-order valence-electron chi connectivity index (χ3n) is 2.66. The largest absolute Gasteiger partial charge is 0.478 e.